The zero-order chi connectivity index (χ0) is 11.8. The monoisotopic (exact) mass is 241 g/mol. The second-order valence-corrected chi connectivity index (χ2v) is 4.73. The summed E-state index contributed by atoms with van der Waals surface area (Å²) in [5.74, 6) is 0.127. The van der Waals surface area contributed by atoms with Crippen LogP contribution in [0.4, 0.5) is 0 Å². The minimum absolute atomic E-state index is 0.127. The first kappa shape index (κ1) is 13.1. The summed E-state index contributed by atoms with van der Waals surface area (Å²) < 4.78 is 0. The average molecular weight is 241 g/mol. The number of nitrogens with one attached hydrogen (secondary N) is 2. The molecule has 0 aliphatic rings. The number of carbonyl (C=O) groups excluding carboxylic acids is 1. The third-order valence-corrected chi connectivity index (χ3v) is 3.02. The van der Waals surface area contributed by atoms with Gasteiger partial charge in [-0.2, -0.15) is 0 Å². The van der Waals surface area contributed by atoms with E-state index in [9.17, 15) is 4.79 Å². The first-order valence-electron chi connectivity index (χ1n) is 5.54. The highest BCUT2D eigenvalue weighted by Gasteiger charge is 2.01. The molecule has 1 aromatic rings. The third kappa shape index (κ3) is 5.23. The van der Waals surface area contributed by atoms with Crippen molar-refractivity contribution in [2.75, 3.05) is 20.1 Å². The maximum absolute atomic E-state index is 11.4. The first-order chi connectivity index (χ1) is 7.72. The summed E-state index contributed by atoms with van der Waals surface area (Å²) in [6, 6.07) is 0. The molecule has 0 aliphatic heterocycles. The van der Waals surface area contributed by atoms with E-state index in [-0.39, 0.29) is 5.91 Å². The number of aryl methyl sites for hydroxylation is 1. The van der Waals surface area contributed by atoms with Crippen LogP contribution < -0.4 is 10.6 Å². The van der Waals surface area contributed by atoms with Crippen LogP contribution in [-0.4, -0.2) is 31.0 Å². The van der Waals surface area contributed by atoms with Crippen LogP contribution in [-0.2, 0) is 11.2 Å². The summed E-state index contributed by atoms with van der Waals surface area (Å²) in [5, 5.41) is 9.04. The Bertz CT molecular complexity index is 325. The molecule has 0 radical (unpaired) electrons. The zero-order valence-corrected chi connectivity index (χ0v) is 10.7. The molecule has 0 spiro atoms. The van der Waals surface area contributed by atoms with E-state index in [4.69, 9.17) is 0 Å². The van der Waals surface area contributed by atoms with Gasteiger partial charge in [0.05, 0.1) is 10.7 Å². The SMILES string of the molecule is CNCCCC(=O)NCCc1csc(C)n1. The van der Waals surface area contributed by atoms with Gasteiger partial charge in [0, 0.05) is 24.8 Å². The third-order valence-electron chi connectivity index (χ3n) is 2.20. The van der Waals surface area contributed by atoms with E-state index in [0.29, 0.717) is 13.0 Å². The Labute approximate surface area is 100 Å². The number of rotatable bonds is 7. The number of hydrogen-bond acceptors (Lipinski definition) is 4. The largest absolute Gasteiger partial charge is 0.356 e. The summed E-state index contributed by atoms with van der Waals surface area (Å²) in [5.41, 5.74) is 1.07. The van der Waals surface area contributed by atoms with Gasteiger partial charge in [0.25, 0.3) is 0 Å². The molecule has 1 rings (SSSR count). The molecule has 0 aliphatic carbocycles. The Balaban J connectivity index is 2.08. The van der Waals surface area contributed by atoms with E-state index >= 15 is 0 Å². The van der Waals surface area contributed by atoms with E-state index in [1.165, 1.54) is 0 Å². The fraction of sp³-hybridized carbons (Fsp3) is 0.636. The van der Waals surface area contributed by atoms with Crippen LogP contribution in [0.3, 0.4) is 0 Å². The molecule has 2 N–H and O–H groups in total. The zero-order valence-electron chi connectivity index (χ0n) is 9.88. The second kappa shape index (κ2) is 7.35. The van der Waals surface area contributed by atoms with Crippen LogP contribution in [0.2, 0.25) is 0 Å². The number of amides is 1. The normalized spacial score (nSPS) is 10.4. The lowest BCUT2D eigenvalue weighted by Crippen LogP contribution is -2.26. The van der Waals surface area contributed by atoms with E-state index in [2.05, 4.69) is 15.6 Å². The van der Waals surface area contributed by atoms with Gasteiger partial charge < -0.3 is 10.6 Å². The van der Waals surface area contributed by atoms with Gasteiger partial charge in [-0.1, -0.05) is 0 Å². The predicted molar refractivity (Wildman–Crippen MR) is 66.7 cm³/mol. The van der Waals surface area contributed by atoms with Crippen LogP contribution in [0, 0.1) is 6.92 Å². The van der Waals surface area contributed by atoms with Crippen molar-refractivity contribution < 1.29 is 4.79 Å². The van der Waals surface area contributed by atoms with Crippen molar-refractivity contribution in [3.05, 3.63) is 16.1 Å². The van der Waals surface area contributed by atoms with E-state index in [0.717, 1.165) is 30.1 Å². The second-order valence-electron chi connectivity index (χ2n) is 3.66. The highest BCUT2D eigenvalue weighted by atomic mass is 32.1. The Kier molecular flexibility index (Phi) is 6.03. The number of nitrogens with zero attached hydrogens (tertiary/aromatic N) is 1. The molecule has 4 nitrogen and oxygen atoms in total. The maximum Gasteiger partial charge on any atom is 0.220 e. The molecule has 0 fully saturated rings. The van der Waals surface area contributed by atoms with Crippen LogP contribution in [0.15, 0.2) is 5.38 Å². The molecule has 0 atom stereocenters. The van der Waals surface area contributed by atoms with Crippen molar-refractivity contribution in [3.63, 3.8) is 0 Å². The van der Waals surface area contributed by atoms with Gasteiger partial charge in [0.15, 0.2) is 0 Å². The van der Waals surface area contributed by atoms with E-state index in [1.54, 1.807) is 11.3 Å². The smallest absolute Gasteiger partial charge is 0.220 e. The van der Waals surface area contributed by atoms with Crippen LogP contribution in [0.1, 0.15) is 23.5 Å². The number of aromatic nitrogens is 1. The number of thiazole rings is 1. The molecule has 1 heterocycles. The van der Waals surface area contributed by atoms with Gasteiger partial charge in [-0.05, 0) is 26.9 Å². The fourth-order valence-electron chi connectivity index (χ4n) is 1.37. The highest BCUT2D eigenvalue weighted by Crippen LogP contribution is 2.07. The minimum Gasteiger partial charge on any atom is -0.356 e. The molecule has 0 saturated carbocycles. The van der Waals surface area contributed by atoms with Crippen molar-refractivity contribution in [3.8, 4) is 0 Å². The molecular weight excluding hydrogens is 222 g/mol. The van der Waals surface area contributed by atoms with Crippen molar-refractivity contribution >= 4 is 17.2 Å². The van der Waals surface area contributed by atoms with Crippen LogP contribution in [0.5, 0.6) is 0 Å². The molecular formula is C11H19N3OS. The van der Waals surface area contributed by atoms with Crippen LogP contribution >= 0.6 is 11.3 Å². The first-order valence-corrected chi connectivity index (χ1v) is 6.42. The summed E-state index contributed by atoms with van der Waals surface area (Å²) in [6.07, 6.45) is 2.30. The van der Waals surface area contributed by atoms with Gasteiger partial charge in [-0.3, -0.25) is 4.79 Å². The van der Waals surface area contributed by atoms with Gasteiger partial charge in [-0.15, -0.1) is 11.3 Å². The fourth-order valence-corrected chi connectivity index (χ4v) is 2.01. The Morgan fingerprint density at radius 1 is 1.50 bits per heavy atom. The molecule has 1 amide bonds. The molecule has 1 aromatic heterocycles. The van der Waals surface area contributed by atoms with Gasteiger partial charge in [0.2, 0.25) is 5.91 Å². The molecule has 0 bridgehead atoms. The summed E-state index contributed by atoms with van der Waals surface area (Å²) >= 11 is 1.65. The summed E-state index contributed by atoms with van der Waals surface area (Å²) in [6.45, 7) is 3.56. The Hall–Kier alpha value is -0.940. The topological polar surface area (TPSA) is 54.0 Å². The molecule has 16 heavy (non-hydrogen) atoms. The number of carbonyl (C=O) groups is 1. The molecule has 0 saturated heterocycles. The number of hydrogen-bond donors (Lipinski definition) is 2. The maximum atomic E-state index is 11.4. The highest BCUT2D eigenvalue weighted by molar-refractivity contribution is 7.09. The van der Waals surface area contributed by atoms with Crippen molar-refractivity contribution in [2.45, 2.75) is 26.2 Å². The lowest BCUT2D eigenvalue weighted by atomic mass is 10.3. The lowest BCUT2D eigenvalue weighted by Gasteiger charge is -2.03. The van der Waals surface area contributed by atoms with E-state index in [1.807, 2.05) is 19.4 Å². The molecule has 0 unspecified atom stereocenters. The van der Waals surface area contributed by atoms with Crippen molar-refractivity contribution in [1.82, 2.24) is 15.6 Å². The molecule has 0 aromatic carbocycles. The standard InChI is InChI=1S/C11H19N3OS/c1-9-14-10(8-16-9)5-7-13-11(15)4-3-6-12-2/h8,12H,3-7H2,1-2H3,(H,13,15). The molecule has 90 valence electrons. The van der Waals surface area contributed by atoms with Crippen molar-refractivity contribution in [2.24, 2.45) is 0 Å². The van der Waals surface area contributed by atoms with Gasteiger partial charge in [0.1, 0.15) is 0 Å². The summed E-state index contributed by atoms with van der Waals surface area (Å²) in [4.78, 5) is 15.7. The van der Waals surface area contributed by atoms with Gasteiger partial charge >= 0.3 is 0 Å². The summed E-state index contributed by atoms with van der Waals surface area (Å²) in [7, 11) is 1.89. The Morgan fingerprint density at radius 3 is 2.94 bits per heavy atom. The predicted octanol–water partition coefficient (Wildman–Crippen LogP) is 1.11. The molecule has 5 heteroatoms. The van der Waals surface area contributed by atoms with Crippen LogP contribution in [0.25, 0.3) is 0 Å². The Morgan fingerprint density at radius 2 is 2.31 bits per heavy atom. The quantitative estimate of drug-likeness (QED) is 0.703. The average Bonchev–Trinajstić information content (AvgIpc) is 2.65. The van der Waals surface area contributed by atoms with E-state index < -0.39 is 0 Å². The lowest BCUT2D eigenvalue weighted by molar-refractivity contribution is -0.121. The van der Waals surface area contributed by atoms with Gasteiger partial charge in [-0.25, -0.2) is 4.98 Å². The van der Waals surface area contributed by atoms with Crippen molar-refractivity contribution in [1.29, 1.82) is 0 Å². The minimum atomic E-state index is 0.127.